The van der Waals surface area contributed by atoms with Gasteiger partial charge in [0, 0.05) is 39.3 Å². The summed E-state index contributed by atoms with van der Waals surface area (Å²) < 4.78 is 13.8. The second-order valence-electron chi connectivity index (χ2n) is 19.8. The van der Waals surface area contributed by atoms with Crippen LogP contribution < -0.4 is 9.47 Å². The molecule has 2 unspecified atom stereocenters. The second kappa shape index (κ2) is 17.8. The summed E-state index contributed by atoms with van der Waals surface area (Å²) in [5, 5.41) is 24.8. The molecule has 0 radical (unpaired) electrons. The number of phenolic OH excluding ortho intramolecular Hbond substituents is 2. The second-order valence-corrected chi connectivity index (χ2v) is 19.8. The van der Waals surface area contributed by atoms with Crippen LogP contribution in [0.15, 0.2) is 84.9 Å². The molecule has 4 aliphatic carbocycles. The van der Waals surface area contributed by atoms with E-state index in [0.29, 0.717) is 11.5 Å². The zero-order chi connectivity index (χ0) is 44.1. The van der Waals surface area contributed by atoms with Crippen LogP contribution in [-0.2, 0) is 51.4 Å². The van der Waals surface area contributed by atoms with E-state index in [4.69, 9.17) is 9.47 Å². The van der Waals surface area contributed by atoms with E-state index >= 15 is 0 Å². The monoisotopic (exact) mass is 850 g/mol. The maximum absolute atomic E-state index is 12.4. The van der Waals surface area contributed by atoms with Crippen molar-refractivity contribution in [3.8, 4) is 67.5 Å². The first-order valence-electron chi connectivity index (χ1n) is 24.7. The Morgan fingerprint density at radius 1 is 0.391 bits per heavy atom. The fraction of sp³-hybridized carbons (Fsp3) is 0.400. The third-order valence-corrected chi connectivity index (χ3v) is 15.5. The van der Waals surface area contributed by atoms with Gasteiger partial charge in [0.2, 0.25) is 0 Å². The molecule has 0 saturated heterocycles. The fourth-order valence-corrected chi connectivity index (χ4v) is 11.9. The minimum atomic E-state index is -0.211. The molecule has 0 bridgehead atoms. The molecule has 2 atom stereocenters. The molecule has 4 nitrogen and oxygen atoms in total. The van der Waals surface area contributed by atoms with Crippen molar-refractivity contribution in [1.82, 2.24) is 0 Å². The number of aryl methyl sites for hydroxylation is 6. The summed E-state index contributed by atoms with van der Waals surface area (Å²) >= 11 is 0. The van der Waals surface area contributed by atoms with Gasteiger partial charge in [-0.2, -0.15) is 0 Å². The molecule has 6 aromatic rings. The normalized spacial score (nSPS) is 17.0. The maximum atomic E-state index is 12.4. The van der Waals surface area contributed by atoms with Gasteiger partial charge < -0.3 is 19.7 Å². The smallest absolute Gasteiger partial charge is 0.131 e. The standard InChI is InChI=1S/C60H66O4/c1-36-30-51(59(61)53(32-36)57-45-22-10-6-18-41(45)34-42-19-7-11-23-46(42)57)49-26-14-16-28-55(49)63-39(4)38(3)40(5)64-56-29-17-15-27-50(56)52-31-37(2)33-54(60(52)62)58-47-24-12-8-20-43(47)35-44-21-9-13-25-48(44)58/h14-17,26-35,38-40,61-62H,6-13,18-25H2,1-5H3. The Hall–Kier alpha value is -5.48. The maximum Gasteiger partial charge on any atom is 0.131 e. The van der Waals surface area contributed by atoms with Gasteiger partial charge in [0.25, 0.3) is 0 Å². The van der Waals surface area contributed by atoms with Crippen molar-refractivity contribution in [2.75, 3.05) is 0 Å². The van der Waals surface area contributed by atoms with Crippen molar-refractivity contribution in [3.05, 3.63) is 141 Å². The van der Waals surface area contributed by atoms with Crippen LogP contribution in [0.25, 0.3) is 44.5 Å². The molecule has 6 aromatic carbocycles. The van der Waals surface area contributed by atoms with Crippen LogP contribution >= 0.6 is 0 Å². The summed E-state index contributed by atoms with van der Waals surface area (Å²) in [6.07, 6.45) is 18.1. The Bertz CT molecular complexity index is 2480. The van der Waals surface area contributed by atoms with Crippen LogP contribution in [0.1, 0.15) is 128 Å². The number of phenols is 2. The van der Waals surface area contributed by atoms with Crippen molar-refractivity contribution >= 4 is 0 Å². The highest BCUT2D eigenvalue weighted by molar-refractivity contribution is 5.90. The van der Waals surface area contributed by atoms with Gasteiger partial charge in [-0.15, -0.1) is 0 Å². The number of fused-ring (bicyclic) bond motifs is 4. The molecule has 0 heterocycles. The molecular formula is C60H66O4. The van der Waals surface area contributed by atoms with Gasteiger partial charge >= 0.3 is 0 Å². The zero-order valence-corrected chi connectivity index (χ0v) is 38.8. The minimum Gasteiger partial charge on any atom is -0.507 e. The van der Waals surface area contributed by atoms with Crippen LogP contribution in [-0.4, -0.2) is 22.4 Å². The molecule has 4 aliphatic rings. The van der Waals surface area contributed by atoms with E-state index in [0.717, 1.165) is 107 Å². The Kier molecular flexibility index (Phi) is 11.8. The van der Waals surface area contributed by atoms with E-state index in [1.807, 2.05) is 36.4 Å². The average molecular weight is 851 g/mol. The Morgan fingerprint density at radius 3 is 1.06 bits per heavy atom. The van der Waals surface area contributed by atoms with E-state index in [2.05, 4.69) is 83.1 Å². The summed E-state index contributed by atoms with van der Waals surface area (Å²) in [5.41, 5.74) is 22.0. The molecule has 0 saturated carbocycles. The summed E-state index contributed by atoms with van der Waals surface area (Å²) in [7, 11) is 0. The van der Waals surface area contributed by atoms with Gasteiger partial charge in [-0.25, -0.2) is 0 Å². The average Bonchev–Trinajstić information content (AvgIpc) is 3.31. The van der Waals surface area contributed by atoms with E-state index in [1.165, 1.54) is 107 Å². The molecule has 0 aromatic heterocycles. The largest absolute Gasteiger partial charge is 0.507 e. The summed E-state index contributed by atoms with van der Waals surface area (Å²) in [5.74, 6) is 2.19. The van der Waals surface area contributed by atoms with Gasteiger partial charge in [-0.1, -0.05) is 55.5 Å². The molecule has 0 amide bonds. The van der Waals surface area contributed by atoms with Gasteiger partial charge in [0.05, 0.1) is 0 Å². The van der Waals surface area contributed by atoms with Gasteiger partial charge in [0.1, 0.15) is 35.2 Å². The Balaban J connectivity index is 0.939. The van der Waals surface area contributed by atoms with Crippen LogP contribution in [0.5, 0.6) is 23.0 Å². The number of benzene rings is 6. The number of rotatable bonds is 10. The quantitative estimate of drug-likeness (QED) is 0.144. The highest BCUT2D eigenvalue weighted by Gasteiger charge is 2.30. The van der Waals surface area contributed by atoms with Crippen molar-refractivity contribution in [3.63, 3.8) is 0 Å². The predicted octanol–water partition coefficient (Wildman–Crippen LogP) is 14.8. The van der Waals surface area contributed by atoms with Gasteiger partial charge in [-0.05, 0) is 234 Å². The lowest BCUT2D eigenvalue weighted by atomic mass is 9.76. The number of hydrogen-bond donors (Lipinski definition) is 2. The predicted molar refractivity (Wildman–Crippen MR) is 263 cm³/mol. The third-order valence-electron chi connectivity index (χ3n) is 15.5. The van der Waals surface area contributed by atoms with Crippen LogP contribution in [0.2, 0.25) is 0 Å². The first kappa shape index (κ1) is 42.5. The number of ether oxygens (including phenoxy) is 2. The molecule has 0 fully saturated rings. The first-order chi connectivity index (χ1) is 31.1. The zero-order valence-electron chi connectivity index (χ0n) is 38.8. The highest BCUT2D eigenvalue weighted by Crippen LogP contribution is 2.50. The lowest BCUT2D eigenvalue weighted by Gasteiger charge is -2.30. The molecule has 330 valence electrons. The van der Waals surface area contributed by atoms with Gasteiger partial charge in [0.15, 0.2) is 0 Å². The van der Waals surface area contributed by atoms with Crippen molar-refractivity contribution in [2.45, 2.75) is 150 Å². The Morgan fingerprint density at radius 2 is 0.703 bits per heavy atom. The summed E-state index contributed by atoms with van der Waals surface area (Å²) in [6, 6.07) is 30.0. The molecule has 4 heteroatoms. The fourth-order valence-electron chi connectivity index (χ4n) is 11.9. The molecular weight excluding hydrogens is 785 g/mol. The van der Waals surface area contributed by atoms with E-state index in [1.54, 1.807) is 0 Å². The van der Waals surface area contributed by atoms with E-state index in [9.17, 15) is 10.2 Å². The minimum absolute atomic E-state index is 0.00539. The molecule has 2 N–H and O–H groups in total. The van der Waals surface area contributed by atoms with Crippen molar-refractivity contribution in [1.29, 1.82) is 0 Å². The van der Waals surface area contributed by atoms with Gasteiger partial charge in [-0.3, -0.25) is 0 Å². The van der Waals surface area contributed by atoms with Crippen LogP contribution in [0.3, 0.4) is 0 Å². The van der Waals surface area contributed by atoms with E-state index in [-0.39, 0.29) is 18.1 Å². The summed E-state index contributed by atoms with van der Waals surface area (Å²) in [6.45, 7) is 10.7. The SMILES string of the molecule is Cc1cc(-c2ccccc2OC(C)C(C)C(C)Oc2ccccc2-c2cc(C)cc(-c3c4c(cc5c3CCCC5)CCCC4)c2O)c(O)c(-c2c3c(cc4c2CCCC4)CCCC3)c1. The van der Waals surface area contributed by atoms with Crippen molar-refractivity contribution < 1.29 is 19.7 Å². The van der Waals surface area contributed by atoms with Crippen LogP contribution in [0, 0.1) is 19.8 Å². The number of hydrogen-bond acceptors (Lipinski definition) is 4. The first-order valence-corrected chi connectivity index (χ1v) is 24.7. The highest BCUT2D eigenvalue weighted by atomic mass is 16.5. The van der Waals surface area contributed by atoms with E-state index < -0.39 is 0 Å². The molecule has 10 rings (SSSR count). The lowest BCUT2D eigenvalue weighted by molar-refractivity contribution is 0.0706. The van der Waals surface area contributed by atoms with Crippen LogP contribution in [0.4, 0.5) is 0 Å². The number of aromatic hydroxyl groups is 2. The lowest BCUT2D eigenvalue weighted by Crippen LogP contribution is -2.33. The Labute approximate surface area is 381 Å². The number of para-hydroxylation sites is 2. The third kappa shape index (κ3) is 7.90. The molecule has 0 aliphatic heterocycles. The molecule has 64 heavy (non-hydrogen) atoms. The van der Waals surface area contributed by atoms with Crippen molar-refractivity contribution in [2.24, 2.45) is 5.92 Å². The molecule has 0 spiro atoms. The topological polar surface area (TPSA) is 58.9 Å². The summed E-state index contributed by atoms with van der Waals surface area (Å²) in [4.78, 5) is 0.